The zero-order valence-corrected chi connectivity index (χ0v) is 12.6. The van der Waals surface area contributed by atoms with Crippen LogP contribution in [0.4, 0.5) is 0 Å². The molecule has 0 saturated heterocycles. The molecule has 0 aromatic heterocycles. The van der Waals surface area contributed by atoms with E-state index < -0.39 is 25.7 Å². The van der Waals surface area contributed by atoms with Gasteiger partial charge in [0.15, 0.2) is 0 Å². The van der Waals surface area contributed by atoms with Crippen molar-refractivity contribution in [1.82, 2.24) is 0 Å². The summed E-state index contributed by atoms with van der Waals surface area (Å²) in [6.07, 6.45) is -0.475. The molecule has 0 heterocycles. The number of carbonyl (C=O) groups is 2. The summed E-state index contributed by atoms with van der Waals surface area (Å²) in [5.41, 5.74) is 1.34. The van der Waals surface area contributed by atoms with E-state index in [2.05, 4.69) is 0 Å². The van der Waals surface area contributed by atoms with Crippen molar-refractivity contribution < 1.29 is 33.4 Å². The molecule has 0 spiro atoms. The molecule has 1 aromatic rings. The second kappa shape index (κ2) is 7.36. The van der Waals surface area contributed by atoms with Gasteiger partial charge in [-0.1, -0.05) is 18.2 Å². The molecule has 1 rings (SSSR count). The number of benzene rings is 1. The van der Waals surface area contributed by atoms with Crippen molar-refractivity contribution in [3.63, 3.8) is 0 Å². The van der Waals surface area contributed by atoms with Gasteiger partial charge < -0.3 is 19.3 Å². The molecule has 0 radical (unpaired) electrons. The zero-order chi connectivity index (χ0) is 16.0. The average Bonchev–Trinajstić information content (AvgIpc) is 2.32. The first-order valence-electron chi connectivity index (χ1n) is 6.10. The Bertz CT molecular complexity index is 576. The third-order valence-corrected chi connectivity index (χ3v) is 3.35. The van der Waals surface area contributed by atoms with Crippen LogP contribution in [0.25, 0.3) is 0 Å². The van der Waals surface area contributed by atoms with Gasteiger partial charge in [-0.05, 0) is 16.7 Å². The van der Waals surface area contributed by atoms with E-state index in [1.807, 2.05) is 0 Å². The van der Waals surface area contributed by atoms with Crippen LogP contribution in [0.5, 0.6) is 0 Å². The number of hydrogen-bond donors (Lipinski definition) is 2. The normalized spacial score (nSPS) is 11.0. The Morgan fingerprint density at radius 2 is 1.57 bits per heavy atom. The molecule has 0 bridgehead atoms. The van der Waals surface area contributed by atoms with Gasteiger partial charge in [0.25, 0.3) is 0 Å². The van der Waals surface area contributed by atoms with Crippen LogP contribution < -0.4 is 0 Å². The third kappa shape index (κ3) is 6.53. The summed E-state index contributed by atoms with van der Waals surface area (Å²) in [5, 5.41) is 0. The Morgan fingerprint density at radius 1 is 1.05 bits per heavy atom. The minimum absolute atomic E-state index is 0.0546. The zero-order valence-electron chi connectivity index (χ0n) is 11.7. The first kappa shape index (κ1) is 17.4. The lowest BCUT2D eigenvalue weighted by atomic mass is 10.0. The first-order chi connectivity index (χ1) is 9.69. The van der Waals surface area contributed by atoms with E-state index in [9.17, 15) is 14.2 Å². The highest BCUT2D eigenvalue weighted by Crippen LogP contribution is 2.40. The molecule has 116 valence electrons. The molecule has 0 unspecified atom stereocenters. The molecule has 0 aliphatic rings. The van der Waals surface area contributed by atoms with Crippen LogP contribution in [0.2, 0.25) is 0 Å². The minimum Gasteiger partial charge on any atom is -0.461 e. The van der Waals surface area contributed by atoms with Gasteiger partial charge in [-0.25, -0.2) is 0 Å². The van der Waals surface area contributed by atoms with Gasteiger partial charge in [0.1, 0.15) is 13.2 Å². The molecule has 0 amide bonds. The topological polar surface area (TPSA) is 110 Å². The fourth-order valence-electron chi connectivity index (χ4n) is 1.73. The van der Waals surface area contributed by atoms with Crippen molar-refractivity contribution in [2.75, 3.05) is 0 Å². The lowest BCUT2D eigenvalue weighted by Gasteiger charge is -2.15. The first-order valence-corrected chi connectivity index (χ1v) is 7.89. The number of ether oxygens (including phenoxy) is 2. The van der Waals surface area contributed by atoms with Crippen molar-refractivity contribution in [2.45, 2.75) is 33.2 Å². The molecule has 2 N–H and O–H groups in total. The maximum atomic E-state index is 11.2. The van der Waals surface area contributed by atoms with Gasteiger partial charge in [0.05, 0.1) is 6.16 Å². The van der Waals surface area contributed by atoms with Crippen LogP contribution in [0.3, 0.4) is 0 Å². The smallest absolute Gasteiger partial charge is 0.329 e. The van der Waals surface area contributed by atoms with Gasteiger partial charge >= 0.3 is 19.5 Å². The number of hydrogen-bond acceptors (Lipinski definition) is 5. The fraction of sp³-hybridized carbons (Fsp3) is 0.385. The second-order valence-electron chi connectivity index (χ2n) is 4.44. The van der Waals surface area contributed by atoms with Crippen molar-refractivity contribution >= 4 is 19.5 Å². The van der Waals surface area contributed by atoms with E-state index in [1.165, 1.54) is 19.9 Å². The Hall–Kier alpha value is -1.69. The van der Waals surface area contributed by atoms with Gasteiger partial charge in [0.2, 0.25) is 0 Å². The molecule has 7 nitrogen and oxygen atoms in total. The van der Waals surface area contributed by atoms with E-state index in [-0.39, 0.29) is 13.2 Å². The maximum absolute atomic E-state index is 11.2. The molecule has 0 aliphatic heterocycles. The SMILES string of the molecule is CC(=O)OCc1cccc(CP(=O)(O)O)c1COC(C)=O. The molecule has 0 aliphatic carbocycles. The molecule has 0 saturated carbocycles. The molecular weight excluding hydrogens is 299 g/mol. The van der Waals surface area contributed by atoms with Gasteiger partial charge in [0, 0.05) is 13.8 Å². The number of carbonyl (C=O) groups excluding carboxylic acids is 2. The quantitative estimate of drug-likeness (QED) is 0.604. The van der Waals surface area contributed by atoms with Crippen molar-refractivity contribution in [1.29, 1.82) is 0 Å². The largest absolute Gasteiger partial charge is 0.461 e. The van der Waals surface area contributed by atoms with Crippen LogP contribution in [0.15, 0.2) is 18.2 Å². The Labute approximate surface area is 122 Å². The van der Waals surface area contributed by atoms with Crippen molar-refractivity contribution in [2.24, 2.45) is 0 Å². The monoisotopic (exact) mass is 316 g/mol. The number of esters is 2. The predicted molar refractivity (Wildman–Crippen MR) is 73.1 cm³/mol. The highest BCUT2D eigenvalue weighted by Gasteiger charge is 2.19. The van der Waals surface area contributed by atoms with E-state index >= 15 is 0 Å². The maximum Gasteiger partial charge on any atom is 0.329 e. The summed E-state index contributed by atoms with van der Waals surface area (Å²) in [5.74, 6) is -0.992. The Kier molecular flexibility index (Phi) is 6.08. The Balaban J connectivity index is 3.10. The van der Waals surface area contributed by atoms with Crippen LogP contribution in [0, 0.1) is 0 Å². The van der Waals surface area contributed by atoms with Gasteiger partial charge in [-0.3, -0.25) is 14.2 Å². The molecule has 1 aromatic carbocycles. The van der Waals surface area contributed by atoms with Crippen molar-refractivity contribution in [3.05, 3.63) is 34.9 Å². The summed E-state index contributed by atoms with van der Waals surface area (Å²) < 4.78 is 21.0. The van der Waals surface area contributed by atoms with E-state index in [0.29, 0.717) is 16.7 Å². The molecule has 8 heteroatoms. The van der Waals surface area contributed by atoms with E-state index in [0.717, 1.165) is 0 Å². The highest BCUT2D eigenvalue weighted by atomic mass is 31.2. The predicted octanol–water partition coefficient (Wildman–Crippen LogP) is 1.49. The van der Waals surface area contributed by atoms with Gasteiger partial charge in [-0.15, -0.1) is 0 Å². The van der Waals surface area contributed by atoms with Crippen LogP contribution in [-0.2, 0) is 43.0 Å². The van der Waals surface area contributed by atoms with Crippen LogP contribution >= 0.6 is 7.60 Å². The van der Waals surface area contributed by atoms with E-state index in [4.69, 9.17) is 19.3 Å². The van der Waals surface area contributed by atoms with Gasteiger partial charge in [-0.2, -0.15) is 0 Å². The average molecular weight is 316 g/mol. The van der Waals surface area contributed by atoms with E-state index in [1.54, 1.807) is 12.1 Å². The van der Waals surface area contributed by atoms with Crippen LogP contribution in [0.1, 0.15) is 30.5 Å². The Morgan fingerprint density at radius 3 is 2.10 bits per heavy atom. The standard InChI is InChI=1S/C13H17O7P/c1-9(14)19-6-11-4-3-5-12(8-21(16,17)18)13(11)7-20-10(2)15/h3-5H,6-8H2,1-2H3,(H2,16,17,18). The fourth-order valence-corrected chi connectivity index (χ4v) is 2.47. The molecule has 0 atom stereocenters. The molecular formula is C13H17O7P. The summed E-state index contributed by atoms with van der Waals surface area (Å²) >= 11 is 0. The summed E-state index contributed by atoms with van der Waals surface area (Å²) in [7, 11) is -4.27. The third-order valence-electron chi connectivity index (χ3n) is 2.60. The molecule has 21 heavy (non-hydrogen) atoms. The summed E-state index contributed by atoms with van der Waals surface area (Å²) in [6.45, 7) is 2.30. The van der Waals surface area contributed by atoms with Crippen LogP contribution in [-0.4, -0.2) is 21.7 Å². The minimum atomic E-state index is -4.27. The highest BCUT2D eigenvalue weighted by molar-refractivity contribution is 7.50. The summed E-state index contributed by atoms with van der Waals surface area (Å²) in [4.78, 5) is 40.0. The second-order valence-corrected chi connectivity index (χ2v) is 6.08. The lowest BCUT2D eigenvalue weighted by Crippen LogP contribution is -2.08. The molecule has 0 fully saturated rings. The van der Waals surface area contributed by atoms with Crippen molar-refractivity contribution in [3.8, 4) is 0 Å². The number of rotatable bonds is 6. The lowest BCUT2D eigenvalue weighted by molar-refractivity contribution is -0.143. The summed E-state index contributed by atoms with van der Waals surface area (Å²) in [6, 6.07) is 4.78.